The van der Waals surface area contributed by atoms with Gasteiger partial charge in [0.25, 0.3) is 0 Å². The van der Waals surface area contributed by atoms with E-state index in [1.165, 1.54) is 12.8 Å². The predicted octanol–water partition coefficient (Wildman–Crippen LogP) is 3.15. The highest BCUT2D eigenvalue weighted by molar-refractivity contribution is 14.0. The lowest BCUT2D eigenvalue weighted by atomic mass is 10.2. The zero-order valence-corrected chi connectivity index (χ0v) is 16.8. The maximum absolute atomic E-state index is 4.64. The molecule has 1 aromatic rings. The van der Waals surface area contributed by atoms with Crippen LogP contribution in [0.25, 0.3) is 0 Å². The van der Waals surface area contributed by atoms with Gasteiger partial charge in [0.05, 0.1) is 6.54 Å². The summed E-state index contributed by atoms with van der Waals surface area (Å²) < 4.78 is 0. The Labute approximate surface area is 157 Å². The lowest BCUT2D eigenvalue weighted by Crippen LogP contribution is -2.41. The lowest BCUT2D eigenvalue weighted by molar-refractivity contribution is 0.624. The Hall–Kier alpha value is -1.05. The predicted molar refractivity (Wildman–Crippen MR) is 109 cm³/mol. The van der Waals surface area contributed by atoms with Crippen LogP contribution in [-0.2, 0) is 6.54 Å². The van der Waals surface area contributed by atoms with Gasteiger partial charge in [-0.2, -0.15) is 0 Å². The Morgan fingerprint density at radius 3 is 2.61 bits per heavy atom. The molecule has 2 rings (SSSR count). The second kappa shape index (κ2) is 10.7. The SMILES string of the molecule is CCNC(=NCc1ccc(N2CCCC2)nc1)NC(C)CC.I. The Kier molecular flexibility index (Phi) is 9.28. The first-order valence-electron chi connectivity index (χ1n) is 8.47. The molecule has 23 heavy (non-hydrogen) atoms. The molecule has 1 saturated heterocycles. The van der Waals surface area contributed by atoms with E-state index in [9.17, 15) is 0 Å². The van der Waals surface area contributed by atoms with Gasteiger partial charge in [0, 0.05) is 31.9 Å². The van der Waals surface area contributed by atoms with Crippen molar-refractivity contribution in [2.45, 2.75) is 52.6 Å². The number of guanidine groups is 1. The van der Waals surface area contributed by atoms with Gasteiger partial charge in [0.15, 0.2) is 5.96 Å². The van der Waals surface area contributed by atoms with Crippen molar-refractivity contribution in [1.82, 2.24) is 15.6 Å². The summed E-state index contributed by atoms with van der Waals surface area (Å²) in [5.74, 6) is 1.97. The van der Waals surface area contributed by atoms with Crippen molar-refractivity contribution in [2.75, 3.05) is 24.5 Å². The van der Waals surface area contributed by atoms with Gasteiger partial charge in [-0.3, -0.25) is 0 Å². The molecule has 130 valence electrons. The Morgan fingerprint density at radius 2 is 2.04 bits per heavy atom. The van der Waals surface area contributed by atoms with E-state index in [4.69, 9.17) is 0 Å². The quantitative estimate of drug-likeness (QED) is 0.413. The largest absolute Gasteiger partial charge is 0.357 e. The zero-order valence-electron chi connectivity index (χ0n) is 14.5. The number of hydrogen-bond donors (Lipinski definition) is 2. The number of aliphatic imine (C=N–C) groups is 1. The summed E-state index contributed by atoms with van der Waals surface area (Å²) >= 11 is 0. The Morgan fingerprint density at radius 1 is 1.30 bits per heavy atom. The molecule has 1 aliphatic heterocycles. The topological polar surface area (TPSA) is 52.6 Å². The van der Waals surface area contributed by atoms with E-state index in [1.807, 2.05) is 6.20 Å². The monoisotopic (exact) mass is 431 g/mol. The van der Waals surface area contributed by atoms with Crippen molar-refractivity contribution in [3.63, 3.8) is 0 Å². The van der Waals surface area contributed by atoms with Gasteiger partial charge in [0.1, 0.15) is 5.82 Å². The van der Waals surface area contributed by atoms with Crippen molar-refractivity contribution < 1.29 is 0 Å². The molecule has 0 bridgehead atoms. The minimum absolute atomic E-state index is 0. The van der Waals surface area contributed by atoms with Gasteiger partial charge in [-0.1, -0.05) is 13.0 Å². The van der Waals surface area contributed by atoms with E-state index in [0.29, 0.717) is 12.6 Å². The molecular formula is C17H30IN5. The molecule has 1 atom stereocenters. The first kappa shape index (κ1) is 20.0. The highest BCUT2D eigenvalue weighted by Crippen LogP contribution is 2.17. The fourth-order valence-corrected chi connectivity index (χ4v) is 2.47. The van der Waals surface area contributed by atoms with Crippen molar-refractivity contribution in [3.05, 3.63) is 23.9 Å². The maximum atomic E-state index is 4.64. The minimum Gasteiger partial charge on any atom is -0.357 e. The first-order chi connectivity index (χ1) is 10.7. The van der Waals surface area contributed by atoms with Gasteiger partial charge in [-0.15, -0.1) is 24.0 Å². The van der Waals surface area contributed by atoms with Gasteiger partial charge in [0.2, 0.25) is 0 Å². The Bertz CT molecular complexity index is 468. The third-order valence-electron chi connectivity index (χ3n) is 4.00. The van der Waals surface area contributed by atoms with E-state index in [2.05, 4.69) is 58.4 Å². The second-order valence-corrected chi connectivity index (χ2v) is 5.87. The van der Waals surface area contributed by atoms with Crippen LogP contribution < -0.4 is 15.5 Å². The van der Waals surface area contributed by atoms with Crippen LogP contribution in [0.4, 0.5) is 5.82 Å². The summed E-state index contributed by atoms with van der Waals surface area (Å²) in [6.07, 6.45) is 5.59. The zero-order chi connectivity index (χ0) is 15.8. The van der Waals surface area contributed by atoms with E-state index in [0.717, 1.165) is 43.4 Å². The average molecular weight is 431 g/mol. The van der Waals surface area contributed by atoms with Crippen LogP contribution in [-0.4, -0.2) is 36.6 Å². The molecule has 0 aliphatic carbocycles. The summed E-state index contributed by atoms with van der Waals surface area (Å²) in [5.41, 5.74) is 1.14. The fraction of sp³-hybridized carbons (Fsp3) is 0.647. The number of rotatable bonds is 6. The number of nitrogens with zero attached hydrogens (tertiary/aromatic N) is 3. The van der Waals surface area contributed by atoms with Crippen LogP contribution in [0.5, 0.6) is 0 Å². The van der Waals surface area contributed by atoms with Crippen LogP contribution in [0.3, 0.4) is 0 Å². The maximum Gasteiger partial charge on any atom is 0.191 e. The third-order valence-corrected chi connectivity index (χ3v) is 4.00. The van der Waals surface area contributed by atoms with E-state index in [-0.39, 0.29) is 24.0 Å². The second-order valence-electron chi connectivity index (χ2n) is 5.87. The van der Waals surface area contributed by atoms with Crippen molar-refractivity contribution >= 4 is 35.8 Å². The van der Waals surface area contributed by atoms with Crippen LogP contribution in [0.1, 0.15) is 45.6 Å². The van der Waals surface area contributed by atoms with Crippen LogP contribution >= 0.6 is 24.0 Å². The number of pyridine rings is 1. The summed E-state index contributed by atoms with van der Waals surface area (Å²) in [4.78, 5) is 11.6. The number of anilines is 1. The van der Waals surface area contributed by atoms with E-state index < -0.39 is 0 Å². The molecule has 1 unspecified atom stereocenters. The average Bonchev–Trinajstić information content (AvgIpc) is 3.07. The summed E-state index contributed by atoms with van der Waals surface area (Å²) in [6.45, 7) is 10.2. The molecule has 2 N–H and O–H groups in total. The van der Waals surface area contributed by atoms with Crippen LogP contribution in [0.15, 0.2) is 23.3 Å². The van der Waals surface area contributed by atoms with Crippen LogP contribution in [0.2, 0.25) is 0 Å². The van der Waals surface area contributed by atoms with Gasteiger partial charge >= 0.3 is 0 Å². The van der Waals surface area contributed by atoms with Gasteiger partial charge < -0.3 is 15.5 Å². The molecule has 5 nitrogen and oxygen atoms in total. The highest BCUT2D eigenvalue weighted by Gasteiger charge is 2.12. The molecule has 1 fully saturated rings. The first-order valence-corrected chi connectivity index (χ1v) is 8.47. The normalized spacial score (nSPS) is 16.0. The molecule has 0 saturated carbocycles. The number of nitrogens with one attached hydrogen (secondary N) is 2. The number of aromatic nitrogens is 1. The molecule has 6 heteroatoms. The molecular weight excluding hydrogens is 401 g/mol. The number of hydrogen-bond acceptors (Lipinski definition) is 3. The minimum atomic E-state index is 0. The van der Waals surface area contributed by atoms with E-state index in [1.54, 1.807) is 0 Å². The van der Waals surface area contributed by atoms with E-state index >= 15 is 0 Å². The molecule has 0 aromatic carbocycles. The molecule has 1 aliphatic rings. The smallest absolute Gasteiger partial charge is 0.191 e. The summed E-state index contributed by atoms with van der Waals surface area (Å²) in [6, 6.07) is 4.68. The Balaban J connectivity index is 0.00000264. The summed E-state index contributed by atoms with van der Waals surface area (Å²) in [7, 11) is 0. The molecule has 2 heterocycles. The standard InChI is InChI=1S/C17H29N5.HI/c1-4-14(3)21-17(18-5-2)20-13-15-8-9-16(19-12-15)22-10-6-7-11-22;/h8-9,12,14H,4-7,10-11,13H2,1-3H3,(H2,18,20,21);1H. The summed E-state index contributed by atoms with van der Waals surface area (Å²) in [5, 5.41) is 6.69. The van der Waals surface area contributed by atoms with Gasteiger partial charge in [-0.25, -0.2) is 9.98 Å². The molecule has 0 spiro atoms. The molecule has 0 amide bonds. The lowest BCUT2D eigenvalue weighted by Gasteiger charge is -2.17. The third kappa shape index (κ3) is 6.53. The molecule has 1 aromatic heterocycles. The van der Waals surface area contributed by atoms with Crippen molar-refractivity contribution in [2.24, 2.45) is 4.99 Å². The van der Waals surface area contributed by atoms with Crippen molar-refractivity contribution in [1.29, 1.82) is 0 Å². The fourth-order valence-electron chi connectivity index (χ4n) is 2.47. The van der Waals surface area contributed by atoms with Gasteiger partial charge in [-0.05, 0) is 44.7 Å². The highest BCUT2D eigenvalue weighted by atomic mass is 127. The molecule has 0 radical (unpaired) electrons. The number of halogens is 1. The van der Waals surface area contributed by atoms with Crippen LogP contribution in [0, 0.1) is 0 Å². The van der Waals surface area contributed by atoms with Crippen molar-refractivity contribution in [3.8, 4) is 0 Å².